The van der Waals surface area contributed by atoms with Gasteiger partial charge in [0.1, 0.15) is 12.4 Å². The Hall–Kier alpha value is -1.55. The molecule has 0 heterocycles. The van der Waals surface area contributed by atoms with Crippen molar-refractivity contribution in [2.75, 3.05) is 6.61 Å². The van der Waals surface area contributed by atoms with E-state index in [0.717, 1.165) is 11.3 Å². The van der Waals surface area contributed by atoms with Gasteiger partial charge in [0, 0.05) is 12.5 Å². The van der Waals surface area contributed by atoms with Gasteiger partial charge in [-0.2, -0.15) is 0 Å². The Morgan fingerprint density at radius 3 is 2.79 bits per heavy atom. The van der Waals surface area contributed by atoms with Crippen LogP contribution in [0.15, 0.2) is 24.3 Å². The van der Waals surface area contributed by atoms with Crippen molar-refractivity contribution < 1.29 is 9.53 Å². The Morgan fingerprint density at radius 2 is 2.16 bits per heavy atom. The minimum absolute atomic E-state index is 0.0129. The van der Waals surface area contributed by atoms with Crippen molar-refractivity contribution in [3.63, 3.8) is 0 Å². The van der Waals surface area contributed by atoms with E-state index in [0.29, 0.717) is 19.4 Å². The van der Waals surface area contributed by atoms with Gasteiger partial charge in [0.25, 0.3) is 0 Å². The van der Waals surface area contributed by atoms with Crippen LogP contribution < -0.4 is 15.8 Å². The minimum Gasteiger partial charge on any atom is -0.491 e. The second-order valence-corrected chi connectivity index (χ2v) is 5.11. The molecule has 3 N–H and O–H groups in total. The molecule has 0 saturated carbocycles. The molecule has 0 aliphatic heterocycles. The third-order valence-corrected chi connectivity index (χ3v) is 2.72. The fourth-order valence-corrected chi connectivity index (χ4v) is 1.67. The summed E-state index contributed by atoms with van der Waals surface area (Å²) in [6.07, 6.45) is 1.17. The highest BCUT2D eigenvalue weighted by Crippen LogP contribution is 2.12. The third kappa shape index (κ3) is 6.82. The number of rotatable bonds is 7. The van der Waals surface area contributed by atoms with Crippen molar-refractivity contribution in [1.82, 2.24) is 5.32 Å². The van der Waals surface area contributed by atoms with Gasteiger partial charge in [-0.15, -0.1) is 0 Å². The monoisotopic (exact) mass is 264 g/mol. The van der Waals surface area contributed by atoms with Crippen LogP contribution >= 0.6 is 0 Å². The molecule has 0 aromatic heterocycles. The number of benzene rings is 1. The average molecular weight is 264 g/mol. The molecule has 2 unspecified atom stereocenters. The molecule has 1 aromatic rings. The van der Waals surface area contributed by atoms with Gasteiger partial charge in [0.15, 0.2) is 0 Å². The van der Waals surface area contributed by atoms with Crippen molar-refractivity contribution in [3.05, 3.63) is 29.8 Å². The predicted octanol–water partition coefficient (Wildman–Crippen LogP) is 2.01. The first-order chi connectivity index (χ1) is 8.97. The van der Waals surface area contributed by atoms with Crippen LogP contribution in [0, 0.1) is 6.92 Å². The fourth-order valence-electron chi connectivity index (χ4n) is 1.67. The van der Waals surface area contributed by atoms with E-state index >= 15 is 0 Å². The van der Waals surface area contributed by atoms with E-state index in [1.54, 1.807) is 0 Å². The van der Waals surface area contributed by atoms with E-state index in [9.17, 15) is 4.79 Å². The minimum atomic E-state index is -0.0129. The first-order valence-corrected chi connectivity index (χ1v) is 6.72. The Bertz CT molecular complexity index is 405. The fraction of sp³-hybridized carbons (Fsp3) is 0.533. The number of nitrogens with one attached hydrogen (secondary N) is 1. The van der Waals surface area contributed by atoms with Crippen LogP contribution in [0.4, 0.5) is 0 Å². The van der Waals surface area contributed by atoms with Crippen LogP contribution in [0.25, 0.3) is 0 Å². The first kappa shape index (κ1) is 15.5. The smallest absolute Gasteiger partial charge is 0.220 e. The normalized spacial score (nSPS) is 13.7. The van der Waals surface area contributed by atoms with Gasteiger partial charge in [-0.1, -0.05) is 12.1 Å². The Labute approximate surface area is 115 Å². The van der Waals surface area contributed by atoms with Crippen molar-refractivity contribution in [3.8, 4) is 5.75 Å². The zero-order chi connectivity index (χ0) is 14.3. The van der Waals surface area contributed by atoms with E-state index in [-0.39, 0.29) is 18.0 Å². The lowest BCUT2D eigenvalue weighted by Crippen LogP contribution is -2.37. The number of ether oxygens (including phenoxy) is 1. The molecule has 2 atom stereocenters. The number of carbonyl (C=O) groups excluding carboxylic acids is 1. The second kappa shape index (κ2) is 7.79. The second-order valence-electron chi connectivity index (χ2n) is 5.11. The molecule has 0 bridgehead atoms. The molecule has 1 rings (SSSR count). The standard InChI is InChI=1S/C15H24N2O2/c1-11-5-4-6-14(9-11)19-10-13(3)17-15(18)8-7-12(2)16/h4-6,9,12-13H,7-8,10,16H2,1-3H3,(H,17,18). The molecule has 0 spiro atoms. The summed E-state index contributed by atoms with van der Waals surface area (Å²) < 4.78 is 5.64. The van der Waals surface area contributed by atoms with Crippen molar-refractivity contribution in [2.45, 2.75) is 45.7 Å². The van der Waals surface area contributed by atoms with Crippen molar-refractivity contribution >= 4 is 5.91 Å². The molecular weight excluding hydrogens is 240 g/mol. The van der Waals surface area contributed by atoms with Gasteiger partial charge in [-0.25, -0.2) is 0 Å². The Balaban J connectivity index is 2.27. The van der Waals surface area contributed by atoms with Gasteiger partial charge >= 0.3 is 0 Å². The van der Waals surface area contributed by atoms with Gasteiger partial charge in [0.05, 0.1) is 6.04 Å². The average Bonchev–Trinajstić information content (AvgIpc) is 2.34. The van der Waals surface area contributed by atoms with E-state index in [1.807, 2.05) is 45.0 Å². The summed E-state index contributed by atoms with van der Waals surface area (Å²) in [5.74, 6) is 0.856. The van der Waals surface area contributed by atoms with E-state index < -0.39 is 0 Å². The van der Waals surface area contributed by atoms with Crippen LogP contribution in [0.5, 0.6) is 5.75 Å². The van der Waals surface area contributed by atoms with E-state index in [1.165, 1.54) is 0 Å². The van der Waals surface area contributed by atoms with E-state index in [4.69, 9.17) is 10.5 Å². The lowest BCUT2D eigenvalue weighted by Gasteiger charge is -2.15. The highest BCUT2D eigenvalue weighted by atomic mass is 16.5. The van der Waals surface area contributed by atoms with Gasteiger partial charge in [-0.3, -0.25) is 4.79 Å². The summed E-state index contributed by atoms with van der Waals surface area (Å²) >= 11 is 0. The number of hydrogen-bond acceptors (Lipinski definition) is 3. The molecular formula is C15H24N2O2. The van der Waals surface area contributed by atoms with Gasteiger partial charge in [0.2, 0.25) is 5.91 Å². The maximum Gasteiger partial charge on any atom is 0.220 e. The lowest BCUT2D eigenvalue weighted by atomic mass is 10.2. The molecule has 4 nitrogen and oxygen atoms in total. The zero-order valence-corrected chi connectivity index (χ0v) is 12.0. The predicted molar refractivity (Wildman–Crippen MR) is 77.2 cm³/mol. The zero-order valence-electron chi connectivity index (χ0n) is 12.0. The number of aryl methyl sites for hydroxylation is 1. The Kier molecular flexibility index (Phi) is 6.36. The van der Waals surface area contributed by atoms with Gasteiger partial charge in [-0.05, 0) is 44.9 Å². The summed E-state index contributed by atoms with van der Waals surface area (Å²) in [6.45, 7) is 6.32. The molecule has 0 radical (unpaired) electrons. The number of amides is 1. The molecule has 0 fully saturated rings. The number of nitrogens with two attached hydrogens (primary N) is 1. The topological polar surface area (TPSA) is 64.3 Å². The lowest BCUT2D eigenvalue weighted by molar-refractivity contribution is -0.122. The van der Waals surface area contributed by atoms with Crippen LogP contribution in [0.3, 0.4) is 0 Å². The summed E-state index contributed by atoms with van der Waals surface area (Å²) in [7, 11) is 0. The van der Waals surface area contributed by atoms with Crippen LogP contribution in [-0.2, 0) is 4.79 Å². The molecule has 0 saturated heterocycles. The largest absolute Gasteiger partial charge is 0.491 e. The molecule has 1 aromatic carbocycles. The van der Waals surface area contributed by atoms with Gasteiger partial charge < -0.3 is 15.8 Å². The summed E-state index contributed by atoms with van der Waals surface area (Å²) in [4.78, 5) is 11.6. The molecule has 1 amide bonds. The van der Waals surface area contributed by atoms with Crippen molar-refractivity contribution in [2.24, 2.45) is 5.73 Å². The van der Waals surface area contributed by atoms with Crippen LogP contribution in [0.1, 0.15) is 32.3 Å². The molecule has 0 aliphatic rings. The highest BCUT2D eigenvalue weighted by molar-refractivity contribution is 5.76. The molecule has 0 aliphatic carbocycles. The SMILES string of the molecule is Cc1cccc(OCC(C)NC(=O)CCC(C)N)c1. The number of hydrogen-bond donors (Lipinski definition) is 2. The molecule has 4 heteroatoms. The molecule has 19 heavy (non-hydrogen) atoms. The van der Waals surface area contributed by atoms with E-state index in [2.05, 4.69) is 5.32 Å². The maximum atomic E-state index is 11.6. The third-order valence-electron chi connectivity index (χ3n) is 2.72. The first-order valence-electron chi connectivity index (χ1n) is 6.72. The van der Waals surface area contributed by atoms with Crippen molar-refractivity contribution in [1.29, 1.82) is 0 Å². The quantitative estimate of drug-likeness (QED) is 0.791. The highest BCUT2D eigenvalue weighted by Gasteiger charge is 2.08. The summed E-state index contributed by atoms with van der Waals surface area (Å²) in [5, 5.41) is 2.90. The number of carbonyl (C=O) groups is 1. The summed E-state index contributed by atoms with van der Waals surface area (Å²) in [5.41, 5.74) is 6.77. The maximum absolute atomic E-state index is 11.6. The summed E-state index contributed by atoms with van der Waals surface area (Å²) in [6, 6.07) is 7.91. The Morgan fingerprint density at radius 1 is 1.42 bits per heavy atom. The van der Waals surface area contributed by atoms with Crippen LogP contribution in [0.2, 0.25) is 0 Å². The molecule has 106 valence electrons. The van der Waals surface area contributed by atoms with Crippen LogP contribution in [-0.4, -0.2) is 24.6 Å².